The Morgan fingerprint density at radius 1 is 1.64 bits per heavy atom. The van der Waals surface area contributed by atoms with E-state index in [1.165, 1.54) is 0 Å². The van der Waals surface area contributed by atoms with E-state index in [0.717, 1.165) is 19.5 Å². The first kappa shape index (κ1) is 11.7. The predicted octanol–water partition coefficient (Wildman–Crippen LogP) is 1.06. The SMILES string of the molecule is CCC(=O)C(C)N1CCC(O)C(C)C1. The Kier molecular flexibility index (Phi) is 4.08. The van der Waals surface area contributed by atoms with Gasteiger partial charge in [0, 0.05) is 19.5 Å². The highest BCUT2D eigenvalue weighted by molar-refractivity contribution is 5.83. The van der Waals surface area contributed by atoms with Crippen LogP contribution >= 0.6 is 0 Å². The third-order valence-electron chi connectivity index (χ3n) is 3.25. The fraction of sp³-hybridized carbons (Fsp3) is 0.909. The van der Waals surface area contributed by atoms with Crippen LogP contribution in [0.2, 0.25) is 0 Å². The second-order valence-electron chi connectivity index (χ2n) is 4.32. The third kappa shape index (κ3) is 2.55. The zero-order valence-corrected chi connectivity index (χ0v) is 9.36. The van der Waals surface area contributed by atoms with Crippen LogP contribution in [0.25, 0.3) is 0 Å². The number of rotatable bonds is 3. The van der Waals surface area contributed by atoms with Crippen LogP contribution in [0.15, 0.2) is 0 Å². The van der Waals surface area contributed by atoms with Crippen molar-refractivity contribution < 1.29 is 9.90 Å². The Labute approximate surface area is 86.1 Å². The monoisotopic (exact) mass is 199 g/mol. The van der Waals surface area contributed by atoms with Crippen molar-refractivity contribution in [1.29, 1.82) is 0 Å². The summed E-state index contributed by atoms with van der Waals surface area (Å²) in [5.74, 6) is 0.587. The van der Waals surface area contributed by atoms with Gasteiger partial charge in [-0.3, -0.25) is 9.69 Å². The molecule has 0 aliphatic carbocycles. The van der Waals surface area contributed by atoms with E-state index in [-0.39, 0.29) is 18.1 Å². The highest BCUT2D eigenvalue weighted by Gasteiger charge is 2.28. The summed E-state index contributed by atoms with van der Waals surface area (Å²) < 4.78 is 0. The van der Waals surface area contributed by atoms with Gasteiger partial charge in [0.05, 0.1) is 12.1 Å². The predicted molar refractivity (Wildman–Crippen MR) is 56.1 cm³/mol. The Morgan fingerprint density at radius 3 is 2.79 bits per heavy atom. The van der Waals surface area contributed by atoms with Crippen LogP contribution in [0, 0.1) is 5.92 Å². The smallest absolute Gasteiger partial charge is 0.149 e. The van der Waals surface area contributed by atoms with E-state index in [1.807, 2.05) is 20.8 Å². The number of carbonyl (C=O) groups excluding carboxylic acids is 1. The van der Waals surface area contributed by atoms with E-state index in [2.05, 4.69) is 4.90 Å². The molecular weight excluding hydrogens is 178 g/mol. The maximum atomic E-state index is 11.5. The van der Waals surface area contributed by atoms with Gasteiger partial charge in [-0.1, -0.05) is 13.8 Å². The molecule has 3 unspecified atom stereocenters. The third-order valence-corrected chi connectivity index (χ3v) is 3.25. The molecule has 0 aromatic heterocycles. The molecule has 1 saturated heterocycles. The lowest BCUT2D eigenvalue weighted by atomic mass is 9.95. The second kappa shape index (κ2) is 4.89. The van der Waals surface area contributed by atoms with E-state index in [9.17, 15) is 9.90 Å². The van der Waals surface area contributed by atoms with Gasteiger partial charge in [0.25, 0.3) is 0 Å². The molecule has 1 heterocycles. The number of Topliss-reactive ketones (excluding diaryl/α,β-unsaturated/α-hetero) is 1. The standard InChI is InChI=1S/C11H21NO2/c1-4-10(13)9(3)12-6-5-11(14)8(2)7-12/h8-9,11,14H,4-7H2,1-3H3. The van der Waals surface area contributed by atoms with Crippen molar-refractivity contribution in [3.8, 4) is 0 Å². The number of likely N-dealkylation sites (tertiary alicyclic amines) is 1. The molecule has 3 heteroatoms. The Hall–Kier alpha value is -0.410. The summed E-state index contributed by atoms with van der Waals surface area (Å²) in [5, 5.41) is 9.56. The molecule has 1 aliphatic heterocycles. The van der Waals surface area contributed by atoms with E-state index in [1.54, 1.807) is 0 Å². The van der Waals surface area contributed by atoms with Gasteiger partial charge in [-0.2, -0.15) is 0 Å². The first-order valence-electron chi connectivity index (χ1n) is 5.51. The van der Waals surface area contributed by atoms with Gasteiger partial charge in [-0.05, 0) is 19.3 Å². The lowest BCUT2D eigenvalue weighted by Gasteiger charge is -2.37. The Balaban J connectivity index is 2.50. The van der Waals surface area contributed by atoms with Gasteiger partial charge >= 0.3 is 0 Å². The molecule has 82 valence electrons. The first-order valence-corrected chi connectivity index (χ1v) is 5.51. The van der Waals surface area contributed by atoms with Crippen molar-refractivity contribution in [3.63, 3.8) is 0 Å². The van der Waals surface area contributed by atoms with Gasteiger partial charge in [0.2, 0.25) is 0 Å². The molecule has 1 rings (SSSR count). The summed E-state index contributed by atoms with van der Waals surface area (Å²) in [7, 11) is 0. The molecule has 0 amide bonds. The maximum absolute atomic E-state index is 11.5. The molecule has 1 N–H and O–H groups in total. The van der Waals surface area contributed by atoms with Gasteiger partial charge in [-0.15, -0.1) is 0 Å². The minimum absolute atomic E-state index is 0.0231. The number of nitrogens with zero attached hydrogens (tertiary/aromatic N) is 1. The molecule has 0 spiro atoms. The van der Waals surface area contributed by atoms with Gasteiger partial charge < -0.3 is 5.11 Å². The summed E-state index contributed by atoms with van der Waals surface area (Å²) in [4.78, 5) is 13.7. The number of carbonyl (C=O) groups is 1. The van der Waals surface area contributed by atoms with Crippen LogP contribution in [0.1, 0.15) is 33.6 Å². The number of piperidine rings is 1. The Bertz CT molecular complexity index is 205. The fourth-order valence-corrected chi connectivity index (χ4v) is 2.02. The zero-order chi connectivity index (χ0) is 10.7. The van der Waals surface area contributed by atoms with E-state index >= 15 is 0 Å². The number of hydrogen-bond acceptors (Lipinski definition) is 3. The van der Waals surface area contributed by atoms with E-state index < -0.39 is 0 Å². The molecular formula is C11H21NO2. The molecule has 1 fully saturated rings. The van der Waals surface area contributed by atoms with Crippen LogP contribution in [0.3, 0.4) is 0 Å². The van der Waals surface area contributed by atoms with Crippen molar-refractivity contribution in [2.24, 2.45) is 5.92 Å². The minimum Gasteiger partial charge on any atom is -0.393 e. The normalized spacial score (nSPS) is 31.4. The Morgan fingerprint density at radius 2 is 2.29 bits per heavy atom. The number of hydrogen-bond donors (Lipinski definition) is 1. The van der Waals surface area contributed by atoms with E-state index in [4.69, 9.17) is 0 Å². The average Bonchev–Trinajstić information content (AvgIpc) is 2.20. The van der Waals surface area contributed by atoms with E-state index in [0.29, 0.717) is 12.2 Å². The molecule has 3 atom stereocenters. The molecule has 0 aromatic carbocycles. The summed E-state index contributed by atoms with van der Waals surface area (Å²) in [6.45, 7) is 7.60. The minimum atomic E-state index is -0.185. The van der Waals surface area contributed by atoms with Gasteiger partial charge in [0.1, 0.15) is 5.78 Å². The molecule has 0 bridgehead atoms. The molecule has 0 aromatic rings. The quantitative estimate of drug-likeness (QED) is 0.739. The highest BCUT2D eigenvalue weighted by atomic mass is 16.3. The molecule has 0 radical (unpaired) electrons. The van der Waals surface area contributed by atoms with Crippen molar-refractivity contribution in [1.82, 2.24) is 4.90 Å². The van der Waals surface area contributed by atoms with Crippen LogP contribution in [-0.4, -0.2) is 41.0 Å². The fourth-order valence-electron chi connectivity index (χ4n) is 2.02. The van der Waals surface area contributed by atoms with Crippen LogP contribution in [0.5, 0.6) is 0 Å². The largest absolute Gasteiger partial charge is 0.393 e. The lowest BCUT2D eigenvalue weighted by molar-refractivity contribution is -0.124. The number of ketones is 1. The topological polar surface area (TPSA) is 40.5 Å². The first-order chi connectivity index (χ1) is 6.56. The molecule has 0 saturated carbocycles. The van der Waals surface area contributed by atoms with Crippen molar-refractivity contribution in [2.45, 2.75) is 45.8 Å². The number of aliphatic hydroxyl groups is 1. The van der Waals surface area contributed by atoms with Crippen molar-refractivity contribution in [2.75, 3.05) is 13.1 Å². The van der Waals surface area contributed by atoms with Crippen molar-refractivity contribution in [3.05, 3.63) is 0 Å². The summed E-state index contributed by atoms with van der Waals surface area (Å²) in [6.07, 6.45) is 1.21. The highest BCUT2D eigenvalue weighted by Crippen LogP contribution is 2.19. The second-order valence-corrected chi connectivity index (χ2v) is 4.32. The molecule has 1 aliphatic rings. The number of aliphatic hydroxyl groups excluding tert-OH is 1. The van der Waals surface area contributed by atoms with Crippen LogP contribution in [-0.2, 0) is 4.79 Å². The zero-order valence-electron chi connectivity index (χ0n) is 9.36. The summed E-state index contributed by atoms with van der Waals surface area (Å²) in [5.41, 5.74) is 0. The van der Waals surface area contributed by atoms with Crippen LogP contribution < -0.4 is 0 Å². The summed E-state index contributed by atoms with van der Waals surface area (Å²) >= 11 is 0. The van der Waals surface area contributed by atoms with Gasteiger partial charge in [-0.25, -0.2) is 0 Å². The van der Waals surface area contributed by atoms with Crippen molar-refractivity contribution >= 4 is 5.78 Å². The maximum Gasteiger partial charge on any atom is 0.149 e. The average molecular weight is 199 g/mol. The summed E-state index contributed by atoms with van der Waals surface area (Å²) in [6, 6.07) is 0.0231. The molecule has 3 nitrogen and oxygen atoms in total. The van der Waals surface area contributed by atoms with Gasteiger partial charge in [0.15, 0.2) is 0 Å². The molecule has 14 heavy (non-hydrogen) atoms. The lowest BCUT2D eigenvalue weighted by Crippen LogP contribution is -2.48. The van der Waals surface area contributed by atoms with Crippen LogP contribution in [0.4, 0.5) is 0 Å².